The smallest absolute Gasteiger partial charge is 0.245 e. The SMILES string of the molecule is COc1cccc(-n2cnc(Nc3nc(N4CCCC4CO)nn4cccc34)c2)c1. The average molecular weight is 405 g/mol. The molecule has 30 heavy (non-hydrogen) atoms. The summed E-state index contributed by atoms with van der Waals surface area (Å²) in [4.78, 5) is 11.3. The van der Waals surface area contributed by atoms with Crippen molar-refractivity contribution in [2.45, 2.75) is 18.9 Å². The van der Waals surface area contributed by atoms with Gasteiger partial charge in [-0.2, -0.15) is 4.98 Å². The van der Waals surface area contributed by atoms with E-state index in [2.05, 4.69) is 20.3 Å². The molecule has 2 N–H and O–H groups in total. The highest BCUT2D eigenvalue weighted by molar-refractivity contribution is 5.73. The molecular formula is C21H23N7O2. The van der Waals surface area contributed by atoms with E-state index in [0.717, 1.165) is 36.3 Å². The van der Waals surface area contributed by atoms with E-state index in [1.165, 1.54) is 0 Å². The third-order valence-electron chi connectivity index (χ3n) is 5.41. The van der Waals surface area contributed by atoms with E-state index in [4.69, 9.17) is 9.72 Å². The number of benzene rings is 1. The maximum Gasteiger partial charge on any atom is 0.245 e. The molecular weight excluding hydrogens is 382 g/mol. The number of rotatable bonds is 6. The zero-order valence-corrected chi connectivity index (χ0v) is 16.6. The number of fused-ring (bicyclic) bond motifs is 1. The van der Waals surface area contributed by atoms with Gasteiger partial charge in [-0.05, 0) is 37.1 Å². The minimum Gasteiger partial charge on any atom is -0.497 e. The predicted molar refractivity (Wildman–Crippen MR) is 114 cm³/mol. The van der Waals surface area contributed by atoms with E-state index in [9.17, 15) is 5.11 Å². The van der Waals surface area contributed by atoms with Crippen LogP contribution in [0.1, 0.15) is 12.8 Å². The molecule has 4 aromatic rings. The average Bonchev–Trinajstić information content (AvgIpc) is 3.53. The standard InChI is InChI=1S/C21H23N7O2/c1-30-17-7-2-5-15(11-17)26-12-19(22-14-26)23-20-18-8-4-10-28(18)25-21(24-20)27-9-3-6-16(27)13-29/h2,4-5,7-8,10-12,14,16,29H,3,6,9,13H2,1H3,(H,23,24,25). The van der Waals surface area contributed by atoms with Gasteiger partial charge in [0.2, 0.25) is 5.95 Å². The third kappa shape index (κ3) is 3.33. The first kappa shape index (κ1) is 18.4. The maximum atomic E-state index is 9.68. The Kier molecular flexibility index (Phi) is 4.72. The van der Waals surface area contributed by atoms with Crippen molar-refractivity contribution in [2.75, 3.05) is 30.5 Å². The fourth-order valence-corrected chi connectivity index (χ4v) is 3.85. The number of hydrogen-bond donors (Lipinski definition) is 2. The number of aliphatic hydroxyl groups excluding tert-OH is 1. The predicted octanol–water partition coefficient (Wildman–Crippen LogP) is 2.63. The number of aromatic nitrogens is 5. The quantitative estimate of drug-likeness (QED) is 0.509. The number of imidazole rings is 1. The number of hydrogen-bond acceptors (Lipinski definition) is 7. The summed E-state index contributed by atoms with van der Waals surface area (Å²) in [5.41, 5.74) is 1.81. The second-order valence-corrected chi connectivity index (χ2v) is 7.26. The minimum atomic E-state index is 0.0538. The molecule has 1 atom stereocenters. The van der Waals surface area contributed by atoms with Crippen LogP contribution in [-0.2, 0) is 0 Å². The van der Waals surface area contributed by atoms with Gasteiger partial charge < -0.3 is 24.6 Å². The topological polar surface area (TPSA) is 92.7 Å². The molecule has 0 amide bonds. The summed E-state index contributed by atoms with van der Waals surface area (Å²) >= 11 is 0. The molecule has 1 unspecified atom stereocenters. The first-order valence-electron chi connectivity index (χ1n) is 9.93. The van der Waals surface area contributed by atoms with Crippen LogP contribution in [0.3, 0.4) is 0 Å². The molecule has 1 fully saturated rings. The second-order valence-electron chi connectivity index (χ2n) is 7.26. The highest BCUT2D eigenvalue weighted by Gasteiger charge is 2.27. The van der Waals surface area contributed by atoms with Crippen molar-refractivity contribution in [3.63, 3.8) is 0 Å². The van der Waals surface area contributed by atoms with Crippen LogP contribution in [0.15, 0.2) is 55.1 Å². The molecule has 3 aromatic heterocycles. The van der Waals surface area contributed by atoms with E-state index >= 15 is 0 Å². The van der Waals surface area contributed by atoms with Crippen LogP contribution in [0.25, 0.3) is 11.2 Å². The van der Waals surface area contributed by atoms with Gasteiger partial charge in [0.25, 0.3) is 0 Å². The lowest BCUT2D eigenvalue weighted by Gasteiger charge is -2.23. The van der Waals surface area contributed by atoms with Crippen molar-refractivity contribution in [3.8, 4) is 11.4 Å². The van der Waals surface area contributed by atoms with Crippen molar-refractivity contribution >= 4 is 23.1 Å². The van der Waals surface area contributed by atoms with Crippen LogP contribution < -0.4 is 15.0 Å². The van der Waals surface area contributed by atoms with Crippen LogP contribution >= 0.6 is 0 Å². The van der Waals surface area contributed by atoms with Crippen LogP contribution in [0.2, 0.25) is 0 Å². The zero-order chi connectivity index (χ0) is 20.5. The van der Waals surface area contributed by atoms with Gasteiger partial charge in [0, 0.05) is 18.8 Å². The maximum absolute atomic E-state index is 9.68. The first-order valence-corrected chi connectivity index (χ1v) is 9.93. The number of methoxy groups -OCH3 is 1. The molecule has 9 nitrogen and oxygen atoms in total. The fraction of sp³-hybridized carbons (Fsp3) is 0.286. The minimum absolute atomic E-state index is 0.0538. The Morgan fingerprint density at radius 3 is 3.07 bits per heavy atom. The summed E-state index contributed by atoms with van der Waals surface area (Å²) in [5, 5.41) is 17.6. The van der Waals surface area contributed by atoms with Crippen molar-refractivity contribution < 1.29 is 9.84 Å². The normalized spacial score (nSPS) is 16.3. The van der Waals surface area contributed by atoms with Crippen LogP contribution in [0, 0.1) is 0 Å². The third-order valence-corrected chi connectivity index (χ3v) is 5.41. The number of ether oxygens (including phenoxy) is 1. The summed E-state index contributed by atoms with van der Waals surface area (Å²) in [6.45, 7) is 0.933. The molecule has 0 saturated carbocycles. The number of aliphatic hydroxyl groups is 1. The van der Waals surface area contributed by atoms with Crippen molar-refractivity contribution in [1.29, 1.82) is 0 Å². The lowest BCUT2D eigenvalue weighted by Crippen LogP contribution is -2.34. The molecule has 154 valence electrons. The Morgan fingerprint density at radius 2 is 2.20 bits per heavy atom. The van der Waals surface area contributed by atoms with Crippen LogP contribution in [-0.4, -0.2) is 55.6 Å². The lowest BCUT2D eigenvalue weighted by molar-refractivity contribution is 0.265. The van der Waals surface area contributed by atoms with Crippen LogP contribution in [0.4, 0.5) is 17.6 Å². The second kappa shape index (κ2) is 7.68. The number of nitrogens with one attached hydrogen (secondary N) is 1. The van der Waals surface area contributed by atoms with Gasteiger partial charge >= 0.3 is 0 Å². The van der Waals surface area contributed by atoms with Gasteiger partial charge in [0.05, 0.1) is 31.6 Å². The first-order chi connectivity index (χ1) is 14.7. The van der Waals surface area contributed by atoms with Crippen LogP contribution in [0.5, 0.6) is 5.75 Å². The summed E-state index contributed by atoms with van der Waals surface area (Å²) in [5.74, 6) is 2.73. The van der Waals surface area contributed by atoms with E-state index in [1.807, 2.05) is 53.4 Å². The van der Waals surface area contributed by atoms with Gasteiger partial charge in [0.15, 0.2) is 5.82 Å². The Hall–Kier alpha value is -3.59. The molecule has 1 aromatic carbocycles. The summed E-state index contributed by atoms with van der Waals surface area (Å²) < 4.78 is 9.03. The molecule has 1 aliphatic rings. The monoisotopic (exact) mass is 405 g/mol. The van der Waals surface area contributed by atoms with E-state index < -0.39 is 0 Å². The largest absolute Gasteiger partial charge is 0.497 e. The molecule has 0 bridgehead atoms. The van der Waals surface area contributed by atoms with E-state index in [1.54, 1.807) is 18.0 Å². The highest BCUT2D eigenvalue weighted by Crippen LogP contribution is 2.27. The van der Waals surface area contributed by atoms with Gasteiger partial charge in [-0.15, -0.1) is 5.10 Å². The summed E-state index contributed by atoms with van der Waals surface area (Å²) in [6.07, 6.45) is 7.51. The van der Waals surface area contributed by atoms with Crippen molar-refractivity contribution in [1.82, 2.24) is 24.1 Å². The molecule has 9 heteroatoms. The van der Waals surface area contributed by atoms with Crippen molar-refractivity contribution in [3.05, 3.63) is 55.1 Å². The Balaban J connectivity index is 1.47. The zero-order valence-electron chi connectivity index (χ0n) is 16.6. The van der Waals surface area contributed by atoms with Crippen molar-refractivity contribution in [2.24, 2.45) is 0 Å². The molecule has 0 spiro atoms. The highest BCUT2D eigenvalue weighted by atomic mass is 16.5. The number of nitrogens with zero attached hydrogens (tertiary/aromatic N) is 6. The Bertz CT molecular complexity index is 1170. The van der Waals surface area contributed by atoms with E-state index in [-0.39, 0.29) is 12.6 Å². The summed E-state index contributed by atoms with van der Waals surface area (Å²) in [7, 11) is 1.65. The number of anilines is 3. The Morgan fingerprint density at radius 1 is 1.27 bits per heavy atom. The molecule has 1 aliphatic heterocycles. The molecule has 0 aliphatic carbocycles. The molecule has 0 radical (unpaired) electrons. The fourth-order valence-electron chi connectivity index (χ4n) is 3.85. The molecule has 4 heterocycles. The molecule has 5 rings (SSSR count). The van der Waals surface area contributed by atoms with Gasteiger partial charge in [-0.25, -0.2) is 9.50 Å². The molecule has 1 saturated heterocycles. The Labute approximate surface area is 173 Å². The summed E-state index contributed by atoms with van der Waals surface area (Å²) in [6, 6.07) is 11.7. The lowest BCUT2D eigenvalue weighted by atomic mass is 10.2. The van der Waals surface area contributed by atoms with Gasteiger partial charge in [-0.3, -0.25) is 0 Å². The van der Waals surface area contributed by atoms with E-state index in [0.29, 0.717) is 17.6 Å². The van der Waals surface area contributed by atoms with Gasteiger partial charge in [0.1, 0.15) is 23.4 Å². The van der Waals surface area contributed by atoms with Gasteiger partial charge in [-0.1, -0.05) is 6.07 Å².